The molecule has 0 saturated heterocycles. The summed E-state index contributed by atoms with van der Waals surface area (Å²) in [5, 5.41) is 14.6. The number of carboxylic acid groups (broad SMARTS) is 1. The van der Waals surface area contributed by atoms with Crippen LogP contribution in [0.3, 0.4) is 0 Å². The molecule has 82 valence electrons. The van der Waals surface area contributed by atoms with Crippen LogP contribution < -0.4 is 5.32 Å². The molecule has 1 atom stereocenters. The maximum absolute atomic E-state index is 10.5. The summed E-state index contributed by atoms with van der Waals surface area (Å²) in [6.45, 7) is 2.15. The standard InChI is InChI=1S/C10H14N2O2S/c1-6(7-2-3-7)11-10-12-8(5-15-10)4-9(13)14/h5-7H,2-4H2,1H3,(H,11,12)(H,13,14)/t6-/m0/s1. The Morgan fingerprint density at radius 3 is 3.13 bits per heavy atom. The van der Waals surface area contributed by atoms with Gasteiger partial charge in [0.25, 0.3) is 0 Å². The number of hydrogen-bond acceptors (Lipinski definition) is 4. The molecule has 2 N–H and O–H groups in total. The monoisotopic (exact) mass is 226 g/mol. The van der Waals surface area contributed by atoms with E-state index in [1.54, 1.807) is 5.38 Å². The van der Waals surface area contributed by atoms with Crippen molar-refractivity contribution < 1.29 is 9.90 Å². The van der Waals surface area contributed by atoms with Crippen LogP contribution in [0.15, 0.2) is 5.38 Å². The molecular formula is C10H14N2O2S. The smallest absolute Gasteiger partial charge is 0.309 e. The summed E-state index contributed by atoms with van der Waals surface area (Å²) >= 11 is 1.48. The highest BCUT2D eigenvalue weighted by Gasteiger charge is 2.28. The Labute approximate surface area is 92.3 Å². The van der Waals surface area contributed by atoms with E-state index in [0.717, 1.165) is 11.0 Å². The van der Waals surface area contributed by atoms with Crippen LogP contribution in [0.2, 0.25) is 0 Å². The van der Waals surface area contributed by atoms with E-state index >= 15 is 0 Å². The molecule has 5 heteroatoms. The molecule has 0 amide bonds. The van der Waals surface area contributed by atoms with Crippen LogP contribution in [0, 0.1) is 5.92 Å². The lowest BCUT2D eigenvalue weighted by Gasteiger charge is -2.10. The Morgan fingerprint density at radius 1 is 1.80 bits per heavy atom. The van der Waals surface area contributed by atoms with Gasteiger partial charge in [-0.2, -0.15) is 0 Å². The van der Waals surface area contributed by atoms with Gasteiger partial charge in [0.1, 0.15) is 0 Å². The average Bonchev–Trinajstić information content (AvgIpc) is 2.90. The minimum atomic E-state index is -0.831. The van der Waals surface area contributed by atoms with Crippen LogP contribution in [0.4, 0.5) is 5.13 Å². The molecular weight excluding hydrogens is 212 g/mol. The van der Waals surface area contributed by atoms with Gasteiger partial charge in [-0.05, 0) is 25.7 Å². The molecule has 0 unspecified atom stereocenters. The third-order valence-corrected chi connectivity index (χ3v) is 3.39. The van der Waals surface area contributed by atoms with Gasteiger partial charge < -0.3 is 10.4 Å². The van der Waals surface area contributed by atoms with Crippen molar-refractivity contribution in [2.75, 3.05) is 5.32 Å². The molecule has 0 radical (unpaired) electrons. The zero-order valence-corrected chi connectivity index (χ0v) is 9.38. The maximum atomic E-state index is 10.5. The van der Waals surface area contributed by atoms with E-state index in [-0.39, 0.29) is 6.42 Å². The number of aliphatic carboxylic acids is 1. The molecule has 1 aliphatic carbocycles. The molecule has 1 aliphatic rings. The molecule has 1 saturated carbocycles. The van der Waals surface area contributed by atoms with Crippen molar-refractivity contribution in [1.29, 1.82) is 0 Å². The molecule has 2 rings (SSSR count). The second-order valence-corrected chi connectivity index (χ2v) is 4.84. The fraction of sp³-hybridized carbons (Fsp3) is 0.600. The van der Waals surface area contributed by atoms with Crippen molar-refractivity contribution in [3.63, 3.8) is 0 Å². The molecule has 1 fully saturated rings. The fourth-order valence-electron chi connectivity index (χ4n) is 1.52. The Kier molecular flexibility index (Phi) is 2.90. The van der Waals surface area contributed by atoms with Crippen LogP contribution in [-0.2, 0) is 11.2 Å². The number of aromatic nitrogens is 1. The van der Waals surface area contributed by atoms with Gasteiger partial charge in [-0.1, -0.05) is 0 Å². The van der Waals surface area contributed by atoms with E-state index in [1.807, 2.05) is 0 Å². The van der Waals surface area contributed by atoms with Gasteiger partial charge >= 0.3 is 5.97 Å². The maximum Gasteiger partial charge on any atom is 0.309 e. The zero-order chi connectivity index (χ0) is 10.8. The van der Waals surface area contributed by atoms with Crippen LogP contribution in [0.1, 0.15) is 25.5 Å². The van der Waals surface area contributed by atoms with Gasteiger partial charge in [0.2, 0.25) is 0 Å². The first-order chi connectivity index (χ1) is 7.15. The molecule has 1 aromatic heterocycles. The molecule has 1 heterocycles. The number of rotatable bonds is 5. The van der Waals surface area contributed by atoms with Gasteiger partial charge in [-0.15, -0.1) is 11.3 Å². The number of anilines is 1. The SMILES string of the molecule is C[C@H](Nc1nc(CC(=O)O)cs1)C1CC1. The van der Waals surface area contributed by atoms with E-state index in [4.69, 9.17) is 5.11 Å². The highest BCUT2D eigenvalue weighted by atomic mass is 32.1. The zero-order valence-electron chi connectivity index (χ0n) is 8.56. The third-order valence-electron chi connectivity index (χ3n) is 2.56. The molecule has 0 bridgehead atoms. The Hall–Kier alpha value is -1.10. The van der Waals surface area contributed by atoms with Crippen molar-refractivity contribution in [2.24, 2.45) is 5.92 Å². The molecule has 0 aromatic carbocycles. The summed E-state index contributed by atoms with van der Waals surface area (Å²) in [5.41, 5.74) is 0.637. The van der Waals surface area contributed by atoms with Crippen molar-refractivity contribution in [2.45, 2.75) is 32.2 Å². The number of thiazole rings is 1. The minimum Gasteiger partial charge on any atom is -0.481 e. The summed E-state index contributed by atoms with van der Waals surface area (Å²) in [4.78, 5) is 14.7. The first-order valence-electron chi connectivity index (χ1n) is 5.08. The normalized spacial score (nSPS) is 17.4. The number of hydrogen-bond donors (Lipinski definition) is 2. The van der Waals surface area contributed by atoms with Crippen molar-refractivity contribution >= 4 is 22.4 Å². The van der Waals surface area contributed by atoms with E-state index in [0.29, 0.717) is 11.7 Å². The molecule has 0 aliphatic heterocycles. The van der Waals surface area contributed by atoms with E-state index in [1.165, 1.54) is 24.2 Å². The summed E-state index contributed by atoms with van der Waals surface area (Å²) in [6, 6.07) is 0.453. The molecule has 4 nitrogen and oxygen atoms in total. The lowest BCUT2D eigenvalue weighted by molar-refractivity contribution is -0.136. The first-order valence-corrected chi connectivity index (χ1v) is 5.96. The molecule has 15 heavy (non-hydrogen) atoms. The predicted octanol–water partition coefficient (Wildman–Crippen LogP) is 1.98. The van der Waals surface area contributed by atoms with Crippen LogP contribution in [0.5, 0.6) is 0 Å². The summed E-state index contributed by atoms with van der Waals surface area (Å²) in [6.07, 6.45) is 2.60. The van der Waals surface area contributed by atoms with Gasteiger partial charge in [0, 0.05) is 11.4 Å². The number of carbonyl (C=O) groups is 1. The minimum absolute atomic E-state index is 0.00991. The molecule has 1 aromatic rings. The van der Waals surface area contributed by atoms with Gasteiger partial charge in [0.15, 0.2) is 5.13 Å². The van der Waals surface area contributed by atoms with Crippen molar-refractivity contribution in [3.05, 3.63) is 11.1 Å². The fourth-order valence-corrected chi connectivity index (χ4v) is 2.33. The van der Waals surface area contributed by atoms with Crippen LogP contribution in [0.25, 0.3) is 0 Å². The van der Waals surface area contributed by atoms with Gasteiger partial charge in [-0.3, -0.25) is 4.79 Å². The van der Waals surface area contributed by atoms with Crippen molar-refractivity contribution in [3.8, 4) is 0 Å². The number of nitrogens with zero attached hydrogens (tertiary/aromatic N) is 1. The predicted molar refractivity (Wildman–Crippen MR) is 59.3 cm³/mol. The first kappa shape index (κ1) is 10.4. The summed E-state index contributed by atoms with van der Waals surface area (Å²) in [7, 11) is 0. The van der Waals surface area contributed by atoms with Crippen LogP contribution in [-0.4, -0.2) is 22.1 Å². The lowest BCUT2D eigenvalue weighted by atomic mass is 10.2. The molecule has 0 spiro atoms. The number of carboxylic acids is 1. The number of nitrogens with one attached hydrogen (secondary N) is 1. The van der Waals surface area contributed by atoms with Crippen LogP contribution >= 0.6 is 11.3 Å². The topological polar surface area (TPSA) is 62.2 Å². The highest BCUT2D eigenvalue weighted by molar-refractivity contribution is 7.13. The van der Waals surface area contributed by atoms with Gasteiger partial charge in [-0.25, -0.2) is 4.98 Å². The largest absolute Gasteiger partial charge is 0.481 e. The van der Waals surface area contributed by atoms with Crippen molar-refractivity contribution in [1.82, 2.24) is 4.98 Å². The lowest BCUT2D eigenvalue weighted by Crippen LogP contribution is -2.17. The average molecular weight is 226 g/mol. The Balaban J connectivity index is 1.91. The van der Waals surface area contributed by atoms with E-state index in [9.17, 15) is 4.79 Å². The highest BCUT2D eigenvalue weighted by Crippen LogP contribution is 2.34. The second-order valence-electron chi connectivity index (χ2n) is 3.98. The van der Waals surface area contributed by atoms with E-state index in [2.05, 4.69) is 17.2 Å². The third kappa shape index (κ3) is 2.92. The Morgan fingerprint density at radius 2 is 2.53 bits per heavy atom. The second kappa shape index (κ2) is 4.18. The van der Waals surface area contributed by atoms with Gasteiger partial charge in [0.05, 0.1) is 12.1 Å². The van der Waals surface area contributed by atoms with E-state index < -0.39 is 5.97 Å². The summed E-state index contributed by atoms with van der Waals surface area (Å²) in [5.74, 6) is -0.0566. The summed E-state index contributed by atoms with van der Waals surface area (Å²) < 4.78 is 0. The Bertz CT molecular complexity index is 360. The quantitative estimate of drug-likeness (QED) is 0.806.